The van der Waals surface area contributed by atoms with Crippen LogP contribution in [0.15, 0.2) is 0 Å². The minimum atomic E-state index is 0.164. The molecule has 18 heavy (non-hydrogen) atoms. The molecule has 1 heterocycles. The minimum Gasteiger partial charge on any atom is -0.353 e. The molecule has 1 saturated heterocycles. The van der Waals surface area contributed by atoms with E-state index in [4.69, 9.17) is 0 Å². The van der Waals surface area contributed by atoms with Gasteiger partial charge in [0.1, 0.15) is 0 Å². The van der Waals surface area contributed by atoms with Crippen LogP contribution < -0.4 is 10.6 Å². The molecule has 3 unspecified atom stereocenters. The van der Waals surface area contributed by atoms with Crippen molar-refractivity contribution < 1.29 is 4.79 Å². The first-order valence-corrected chi connectivity index (χ1v) is 7.69. The number of hydrogen-bond acceptors (Lipinski definition) is 2. The third kappa shape index (κ3) is 5.38. The quantitative estimate of drug-likeness (QED) is 0.686. The molecular formula is C15H30N2O. The van der Waals surface area contributed by atoms with E-state index in [2.05, 4.69) is 31.4 Å². The van der Waals surface area contributed by atoms with E-state index in [9.17, 15) is 4.79 Å². The molecule has 0 saturated carbocycles. The van der Waals surface area contributed by atoms with E-state index in [-0.39, 0.29) is 11.8 Å². The summed E-state index contributed by atoms with van der Waals surface area (Å²) in [4.78, 5) is 12.2. The lowest BCUT2D eigenvalue weighted by molar-refractivity contribution is -0.127. The summed E-state index contributed by atoms with van der Waals surface area (Å²) in [5.41, 5.74) is 0. The highest BCUT2D eigenvalue weighted by molar-refractivity contribution is 5.79. The van der Waals surface area contributed by atoms with Crippen molar-refractivity contribution in [2.24, 2.45) is 5.92 Å². The second-order valence-corrected chi connectivity index (χ2v) is 5.75. The second kappa shape index (κ2) is 8.52. The van der Waals surface area contributed by atoms with Gasteiger partial charge >= 0.3 is 0 Å². The molecule has 0 aromatic heterocycles. The third-order valence-electron chi connectivity index (χ3n) is 3.98. The van der Waals surface area contributed by atoms with Crippen LogP contribution in [0.2, 0.25) is 0 Å². The van der Waals surface area contributed by atoms with E-state index in [1.54, 1.807) is 0 Å². The van der Waals surface area contributed by atoms with E-state index in [0.717, 1.165) is 25.8 Å². The van der Waals surface area contributed by atoms with Crippen molar-refractivity contribution in [3.8, 4) is 0 Å². The summed E-state index contributed by atoms with van der Waals surface area (Å²) in [5, 5.41) is 6.56. The summed E-state index contributed by atoms with van der Waals surface area (Å²) >= 11 is 0. The van der Waals surface area contributed by atoms with E-state index < -0.39 is 0 Å². The third-order valence-corrected chi connectivity index (χ3v) is 3.98. The van der Waals surface area contributed by atoms with Gasteiger partial charge in [0.15, 0.2) is 0 Å². The Morgan fingerprint density at radius 2 is 2.17 bits per heavy atom. The van der Waals surface area contributed by atoms with Crippen LogP contribution in [0.3, 0.4) is 0 Å². The van der Waals surface area contributed by atoms with Crippen LogP contribution in [-0.2, 0) is 4.79 Å². The summed E-state index contributed by atoms with van der Waals surface area (Å²) in [7, 11) is 0. The average molecular weight is 254 g/mol. The SMILES string of the molecule is CCCCCCC(C)NC(=O)C1CCCNC1C. The highest BCUT2D eigenvalue weighted by atomic mass is 16.2. The van der Waals surface area contributed by atoms with Crippen molar-refractivity contribution in [2.75, 3.05) is 6.54 Å². The Morgan fingerprint density at radius 1 is 1.39 bits per heavy atom. The van der Waals surface area contributed by atoms with Gasteiger partial charge in [0.25, 0.3) is 0 Å². The number of rotatable bonds is 7. The van der Waals surface area contributed by atoms with Gasteiger partial charge in [-0.3, -0.25) is 4.79 Å². The van der Waals surface area contributed by atoms with Crippen molar-refractivity contribution in [3.05, 3.63) is 0 Å². The maximum absolute atomic E-state index is 12.2. The van der Waals surface area contributed by atoms with Gasteiger partial charge in [-0.1, -0.05) is 32.6 Å². The maximum Gasteiger partial charge on any atom is 0.224 e. The fourth-order valence-electron chi connectivity index (χ4n) is 2.70. The molecule has 0 radical (unpaired) electrons. The number of nitrogens with one attached hydrogen (secondary N) is 2. The van der Waals surface area contributed by atoms with Crippen LogP contribution in [-0.4, -0.2) is 24.5 Å². The van der Waals surface area contributed by atoms with Gasteiger partial charge in [-0.25, -0.2) is 0 Å². The zero-order valence-electron chi connectivity index (χ0n) is 12.3. The van der Waals surface area contributed by atoms with Crippen molar-refractivity contribution in [3.63, 3.8) is 0 Å². The van der Waals surface area contributed by atoms with Gasteiger partial charge in [0, 0.05) is 12.1 Å². The second-order valence-electron chi connectivity index (χ2n) is 5.75. The van der Waals surface area contributed by atoms with Gasteiger partial charge in [-0.15, -0.1) is 0 Å². The van der Waals surface area contributed by atoms with Gasteiger partial charge in [-0.05, 0) is 39.7 Å². The Kier molecular flexibility index (Phi) is 7.33. The first-order chi connectivity index (χ1) is 8.65. The standard InChI is InChI=1S/C15H30N2O/c1-4-5-6-7-9-12(2)17-15(18)14-10-8-11-16-13(14)3/h12-14,16H,4-11H2,1-3H3,(H,17,18). The molecule has 0 aromatic rings. The first kappa shape index (κ1) is 15.5. The Morgan fingerprint density at radius 3 is 2.83 bits per heavy atom. The molecule has 3 atom stereocenters. The summed E-state index contributed by atoms with van der Waals surface area (Å²) < 4.78 is 0. The average Bonchev–Trinajstić information content (AvgIpc) is 2.35. The smallest absolute Gasteiger partial charge is 0.224 e. The molecule has 3 heteroatoms. The fourth-order valence-corrected chi connectivity index (χ4v) is 2.70. The van der Waals surface area contributed by atoms with Crippen molar-refractivity contribution in [1.29, 1.82) is 0 Å². The molecule has 1 aliphatic rings. The molecule has 1 aliphatic heterocycles. The molecular weight excluding hydrogens is 224 g/mol. The molecule has 1 fully saturated rings. The van der Waals surface area contributed by atoms with Crippen molar-refractivity contribution in [1.82, 2.24) is 10.6 Å². The molecule has 0 aromatic carbocycles. The lowest BCUT2D eigenvalue weighted by Crippen LogP contribution is -2.48. The Hall–Kier alpha value is -0.570. The van der Waals surface area contributed by atoms with Crippen molar-refractivity contribution in [2.45, 2.75) is 77.8 Å². The Bertz CT molecular complexity index is 243. The fraction of sp³-hybridized carbons (Fsp3) is 0.933. The number of unbranched alkanes of at least 4 members (excludes halogenated alkanes) is 3. The Labute approximate surface area is 112 Å². The molecule has 0 spiro atoms. The number of carbonyl (C=O) groups is 1. The monoisotopic (exact) mass is 254 g/mol. The largest absolute Gasteiger partial charge is 0.353 e. The summed E-state index contributed by atoms with van der Waals surface area (Å²) in [6, 6.07) is 0.648. The molecule has 2 N–H and O–H groups in total. The van der Waals surface area contributed by atoms with E-state index >= 15 is 0 Å². The molecule has 106 valence electrons. The number of amides is 1. The topological polar surface area (TPSA) is 41.1 Å². The van der Waals surface area contributed by atoms with E-state index in [1.165, 1.54) is 25.7 Å². The van der Waals surface area contributed by atoms with Crippen LogP contribution in [0, 0.1) is 5.92 Å². The molecule has 3 nitrogen and oxygen atoms in total. The van der Waals surface area contributed by atoms with Gasteiger partial charge in [0.2, 0.25) is 5.91 Å². The summed E-state index contributed by atoms with van der Waals surface area (Å²) in [6.45, 7) is 7.53. The van der Waals surface area contributed by atoms with Crippen molar-refractivity contribution >= 4 is 5.91 Å². The van der Waals surface area contributed by atoms with Crippen LogP contribution in [0.5, 0.6) is 0 Å². The van der Waals surface area contributed by atoms with Crippen LogP contribution in [0.4, 0.5) is 0 Å². The van der Waals surface area contributed by atoms with E-state index in [1.807, 2.05) is 0 Å². The maximum atomic E-state index is 12.2. The lowest BCUT2D eigenvalue weighted by atomic mass is 9.91. The normalized spacial score (nSPS) is 25.7. The Balaban J connectivity index is 2.21. The highest BCUT2D eigenvalue weighted by Gasteiger charge is 2.27. The lowest BCUT2D eigenvalue weighted by Gasteiger charge is -2.30. The molecule has 0 aliphatic carbocycles. The first-order valence-electron chi connectivity index (χ1n) is 7.69. The van der Waals surface area contributed by atoms with Gasteiger partial charge in [-0.2, -0.15) is 0 Å². The van der Waals surface area contributed by atoms with Gasteiger partial charge in [0.05, 0.1) is 5.92 Å². The van der Waals surface area contributed by atoms with Gasteiger partial charge < -0.3 is 10.6 Å². The van der Waals surface area contributed by atoms with Crippen LogP contribution in [0.1, 0.15) is 65.7 Å². The minimum absolute atomic E-state index is 0.164. The highest BCUT2D eigenvalue weighted by Crippen LogP contribution is 2.17. The molecule has 0 bridgehead atoms. The zero-order valence-corrected chi connectivity index (χ0v) is 12.3. The summed E-state index contributed by atoms with van der Waals surface area (Å²) in [5.74, 6) is 0.412. The summed E-state index contributed by atoms with van der Waals surface area (Å²) in [6.07, 6.45) is 8.36. The number of piperidine rings is 1. The number of hydrogen-bond donors (Lipinski definition) is 2. The molecule has 1 amide bonds. The van der Waals surface area contributed by atoms with Crippen LogP contribution in [0.25, 0.3) is 0 Å². The number of carbonyl (C=O) groups excluding carboxylic acids is 1. The predicted octanol–water partition coefficient (Wildman–Crippen LogP) is 2.85. The van der Waals surface area contributed by atoms with Crippen LogP contribution >= 0.6 is 0 Å². The predicted molar refractivity (Wildman–Crippen MR) is 76.6 cm³/mol. The van der Waals surface area contributed by atoms with E-state index in [0.29, 0.717) is 12.1 Å². The zero-order chi connectivity index (χ0) is 13.4. The molecule has 1 rings (SSSR count).